The lowest BCUT2D eigenvalue weighted by Crippen LogP contribution is -2.33. The Kier molecular flexibility index (Phi) is 6.73. The van der Waals surface area contributed by atoms with E-state index in [-0.39, 0.29) is 10.8 Å². The number of hydrogen-bond donors (Lipinski definition) is 0. The second-order valence-electron chi connectivity index (χ2n) is 10.5. The molecule has 0 unspecified atom stereocenters. The van der Waals surface area contributed by atoms with Crippen LogP contribution in [0.2, 0.25) is 10.0 Å². The third-order valence-electron chi connectivity index (χ3n) is 7.45. The fourth-order valence-electron chi connectivity index (χ4n) is 5.48. The maximum absolute atomic E-state index is 6.46. The van der Waals surface area contributed by atoms with Gasteiger partial charge in [-0.2, -0.15) is 4.58 Å². The fraction of sp³-hybridized carbons (Fsp3) is 0.483. The molecule has 4 rings (SSSR count). The summed E-state index contributed by atoms with van der Waals surface area (Å²) in [6, 6.07) is 12.8. The molecule has 33 heavy (non-hydrogen) atoms. The van der Waals surface area contributed by atoms with Crippen molar-refractivity contribution in [1.29, 1.82) is 0 Å². The molecule has 2 aromatic rings. The zero-order chi connectivity index (χ0) is 24.0. The quantitative estimate of drug-likeness (QED) is 0.357. The molecule has 2 aliphatic heterocycles. The molecule has 0 bridgehead atoms. The van der Waals surface area contributed by atoms with E-state index in [2.05, 4.69) is 81.4 Å². The molecule has 0 atom stereocenters. The number of fused-ring (bicyclic) bond motifs is 2. The molecule has 0 amide bonds. The summed E-state index contributed by atoms with van der Waals surface area (Å²) in [5.41, 5.74) is 7.73. The summed E-state index contributed by atoms with van der Waals surface area (Å²) in [5.74, 6) is 0. The Bertz CT molecular complexity index is 1120. The van der Waals surface area contributed by atoms with Crippen molar-refractivity contribution in [3.8, 4) is 0 Å². The van der Waals surface area contributed by atoms with Gasteiger partial charge < -0.3 is 4.90 Å². The Hall–Kier alpha value is -1.77. The van der Waals surface area contributed by atoms with Crippen molar-refractivity contribution in [3.63, 3.8) is 0 Å². The van der Waals surface area contributed by atoms with Crippen LogP contribution in [0, 0.1) is 0 Å². The van der Waals surface area contributed by atoms with Gasteiger partial charge in [0.1, 0.15) is 6.54 Å². The number of anilines is 1. The molecular formula is C29H37Cl2N2+. The lowest BCUT2D eigenvalue weighted by Gasteiger charge is -2.28. The molecule has 0 saturated carbocycles. The highest BCUT2D eigenvalue weighted by Gasteiger charge is 2.47. The van der Waals surface area contributed by atoms with Crippen LogP contribution < -0.4 is 4.90 Å². The minimum Gasteiger partial charge on any atom is -0.344 e. The third kappa shape index (κ3) is 4.15. The van der Waals surface area contributed by atoms with E-state index in [1.165, 1.54) is 33.9 Å². The van der Waals surface area contributed by atoms with Gasteiger partial charge in [-0.3, -0.25) is 0 Å². The van der Waals surface area contributed by atoms with Crippen molar-refractivity contribution in [3.05, 3.63) is 69.3 Å². The fourth-order valence-corrected chi connectivity index (χ4v) is 5.82. The number of benzene rings is 2. The first-order valence-electron chi connectivity index (χ1n) is 12.4. The van der Waals surface area contributed by atoms with Crippen molar-refractivity contribution in [1.82, 2.24) is 0 Å². The lowest BCUT2D eigenvalue weighted by atomic mass is 9.78. The maximum Gasteiger partial charge on any atom is 0.211 e. The van der Waals surface area contributed by atoms with Crippen LogP contribution in [-0.2, 0) is 10.8 Å². The summed E-state index contributed by atoms with van der Waals surface area (Å²) in [4.78, 5) is 2.52. The van der Waals surface area contributed by atoms with E-state index in [1.807, 2.05) is 12.1 Å². The smallest absolute Gasteiger partial charge is 0.211 e. The minimum absolute atomic E-state index is 0.0976. The summed E-state index contributed by atoms with van der Waals surface area (Å²) in [6.07, 6.45) is 7.09. The van der Waals surface area contributed by atoms with Gasteiger partial charge in [-0.25, -0.2) is 0 Å². The topological polar surface area (TPSA) is 6.25 Å². The van der Waals surface area contributed by atoms with Gasteiger partial charge in [0.2, 0.25) is 5.69 Å². The van der Waals surface area contributed by atoms with E-state index in [0.29, 0.717) is 0 Å². The Balaban J connectivity index is 1.93. The van der Waals surface area contributed by atoms with Gasteiger partial charge >= 0.3 is 0 Å². The van der Waals surface area contributed by atoms with Crippen molar-refractivity contribution < 1.29 is 4.58 Å². The average Bonchev–Trinajstić information content (AvgIpc) is 3.09. The van der Waals surface area contributed by atoms with Gasteiger partial charge in [0, 0.05) is 57.5 Å². The van der Waals surface area contributed by atoms with Gasteiger partial charge in [0.25, 0.3) is 0 Å². The van der Waals surface area contributed by atoms with Crippen molar-refractivity contribution in [2.45, 2.75) is 78.1 Å². The molecule has 4 heteroatoms. The van der Waals surface area contributed by atoms with Crippen molar-refractivity contribution in [2.75, 3.05) is 18.0 Å². The summed E-state index contributed by atoms with van der Waals surface area (Å²) >= 11 is 12.9. The Morgan fingerprint density at radius 1 is 0.848 bits per heavy atom. The molecule has 0 fully saturated rings. The highest BCUT2D eigenvalue weighted by molar-refractivity contribution is 6.31. The molecule has 0 aromatic heterocycles. The maximum atomic E-state index is 6.46. The second-order valence-corrected chi connectivity index (χ2v) is 11.4. The first-order chi connectivity index (χ1) is 15.6. The van der Waals surface area contributed by atoms with Crippen LogP contribution >= 0.6 is 23.2 Å². The SMILES string of the molecule is CCCCN1/C(=C\C2=[N+](CCCC)c3cc(Cl)ccc3C2(C)C)C(C)(C)c2ccc(Cl)cc21. The molecular weight excluding hydrogens is 447 g/mol. The van der Waals surface area contributed by atoms with Crippen LogP contribution in [0.25, 0.3) is 0 Å². The number of halogens is 2. The van der Waals surface area contributed by atoms with Crippen molar-refractivity contribution in [2.24, 2.45) is 0 Å². The molecule has 176 valence electrons. The normalized spacial score (nSPS) is 19.4. The van der Waals surface area contributed by atoms with E-state index >= 15 is 0 Å². The largest absolute Gasteiger partial charge is 0.344 e. The zero-order valence-corrected chi connectivity index (χ0v) is 22.4. The molecule has 0 N–H and O–H groups in total. The molecule has 2 heterocycles. The van der Waals surface area contributed by atoms with Crippen LogP contribution in [0.5, 0.6) is 0 Å². The van der Waals surface area contributed by atoms with Crippen LogP contribution in [0.4, 0.5) is 11.4 Å². The summed E-state index contributed by atoms with van der Waals surface area (Å²) < 4.78 is 2.52. The van der Waals surface area contributed by atoms with Gasteiger partial charge in [-0.15, -0.1) is 0 Å². The predicted octanol–water partition coefficient (Wildman–Crippen LogP) is 8.65. The van der Waals surface area contributed by atoms with Crippen LogP contribution in [0.1, 0.15) is 78.4 Å². The molecule has 2 aliphatic rings. The molecule has 0 aliphatic carbocycles. The molecule has 2 aromatic carbocycles. The average molecular weight is 485 g/mol. The molecule has 0 spiro atoms. The van der Waals surface area contributed by atoms with Gasteiger partial charge in [0.05, 0.1) is 5.41 Å². The van der Waals surface area contributed by atoms with E-state index in [9.17, 15) is 0 Å². The number of unbranched alkanes of at least 4 members (excludes halogenated alkanes) is 2. The third-order valence-corrected chi connectivity index (χ3v) is 7.92. The summed E-state index contributed by atoms with van der Waals surface area (Å²) in [6.45, 7) is 15.9. The molecule has 0 radical (unpaired) electrons. The number of allylic oxidation sites excluding steroid dienone is 2. The molecule has 2 nitrogen and oxygen atoms in total. The number of nitrogens with zero attached hydrogens (tertiary/aromatic N) is 2. The van der Waals surface area contributed by atoms with E-state index in [0.717, 1.165) is 48.8 Å². The van der Waals surface area contributed by atoms with Gasteiger partial charge in [-0.05, 0) is 50.1 Å². The van der Waals surface area contributed by atoms with E-state index in [1.54, 1.807) is 0 Å². The monoisotopic (exact) mass is 483 g/mol. The summed E-state index contributed by atoms with van der Waals surface area (Å²) in [7, 11) is 0. The Morgan fingerprint density at radius 2 is 1.48 bits per heavy atom. The summed E-state index contributed by atoms with van der Waals surface area (Å²) in [5, 5.41) is 1.60. The van der Waals surface area contributed by atoms with Gasteiger partial charge in [0.15, 0.2) is 5.71 Å². The van der Waals surface area contributed by atoms with Crippen LogP contribution in [-0.4, -0.2) is 23.4 Å². The standard InChI is InChI=1S/C29H37Cl2N2/c1-7-9-15-32-24-17-20(30)11-13-22(24)28(3,4)26(32)19-27-29(5,6)23-14-12-21(31)18-25(23)33(27)16-10-8-2/h11-14,17-19H,7-10,15-16H2,1-6H3/q+1. The highest BCUT2D eigenvalue weighted by Crippen LogP contribution is 2.50. The number of hydrogen-bond acceptors (Lipinski definition) is 1. The second kappa shape index (κ2) is 9.12. The van der Waals surface area contributed by atoms with Crippen molar-refractivity contribution >= 4 is 40.3 Å². The zero-order valence-electron chi connectivity index (χ0n) is 20.9. The molecule has 0 saturated heterocycles. The lowest BCUT2D eigenvalue weighted by molar-refractivity contribution is -0.438. The predicted molar refractivity (Wildman–Crippen MR) is 144 cm³/mol. The van der Waals surface area contributed by atoms with Crippen LogP contribution in [0.15, 0.2) is 48.2 Å². The Morgan fingerprint density at radius 3 is 2.15 bits per heavy atom. The Labute approximate surface area is 209 Å². The van der Waals surface area contributed by atoms with Crippen LogP contribution in [0.3, 0.4) is 0 Å². The minimum atomic E-state index is -0.0976. The van der Waals surface area contributed by atoms with Gasteiger partial charge in [-0.1, -0.05) is 69.8 Å². The van der Waals surface area contributed by atoms with E-state index in [4.69, 9.17) is 23.2 Å². The first kappa shape index (κ1) is 24.4. The number of rotatable bonds is 7. The first-order valence-corrected chi connectivity index (χ1v) is 13.1. The van der Waals surface area contributed by atoms with E-state index < -0.39 is 0 Å². The highest BCUT2D eigenvalue weighted by atomic mass is 35.5.